The maximum atomic E-state index is 13.2. The largest absolute Gasteiger partial charge is 0.393 e. The summed E-state index contributed by atoms with van der Waals surface area (Å²) in [6.07, 6.45) is 2.52. The smallest absolute Gasteiger partial charge is 0.179 e. The van der Waals surface area contributed by atoms with Crippen LogP contribution in [0.4, 0.5) is 0 Å². The van der Waals surface area contributed by atoms with E-state index >= 15 is 0 Å². The third-order valence-electron chi connectivity index (χ3n) is 6.00. The molecule has 29 heavy (non-hydrogen) atoms. The van der Waals surface area contributed by atoms with Crippen molar-refractivity contribution >= 4 is 9.84 Å². The highest BCUT2D eigenvalue weighted by Crippen LogP contribution is 2.34. The minimum atomic E-state index is -3.46. The molecule has 2 aromatic rings. The lowest BCUT2D eigenvalue weighted by molar-refractivity contribution is 0.113. The number of rotatable bonds is 5. The summed E-state index contributed by atoms with van der Waals surface area (Å²) in [5, 5.41) is 22.6. The summed E-state index contributed by atoms with van der Waals surface area (Å²) < 4.78 is 26.9. The standard InChI is InChI=1S/C20H33N5O3S/c1-19(2,3)16-11-15(25(6)24-16)17-21-18(23-22-17)20(4,5)29(27,28)12-13-7-9-14(26)10-8-13/h11,13-14,26H,7-10,12H2,1-6H3,(H,21,22,23). The van der Waals surface area contributed by atoms with Crippen molar-refractivity contribution in [3.05, 3.63) is 17.6 Å². The molecule has 0 radical (unpaired) electrons. The summed E-state index contributed by atoms with van der Waals surface area (Å²) in [6, 6.07) is 1.96. The van der Waals surface area contributed by atoms with Gasteiger partial charge in [0.05, 0.1) is 17.6 Å². The fourth-order valence-corrected chi connectivity index (χ4v) is 5.44. The number of H-pyrrole nitrogens is 1. The number of hydrogen-bond donors (Lipinski definition) is 2. The van der Waals surface area contributed by atoms with E-state index in [1.165, 1.54) is 0 Å². The molecule has 2 heterocycles. The molecular weight excluding hydrogens is 390 g/mol. The monoisotopic (exact) mass is 423 g/mol. The summed E-state index contributed by atoms with van der Waals surface area (Å²) in [6.45, 7) is 9.61. The number of nitrogens with one attached hydrogen (secondary N) is 1. The quantitative estimate of drug-likeness (QED) is 0.764. The van der Waals surface area contributed by atoms with E-state index in [0.717, 1.165) is 24.2 Å². The molecule has 162 valence electrons. The number of aromatic amines is 1. The molecule has 0 amide bonds. The van der Waals surface area contributed by atoms with Crippen molar-refractivity contribution in [2.24, 2.45) is 13.0 Å². The Morgan fingerprint density at radius 2 is 1.76 bits per heavy atom. The second kappa shape index (κ2) is 7.50. The van der Waals surface area contributed by atoms with Gasteiger partial charge in [-0.2, -0.15) is 5.10 Å². The van der Waals surface area contributed by atoms with Gasteiger partial charge in [-0.3, -0.25) is 4.68 Å². The molecule has 0 aliphatic heterocycles. The highest BCUT2D eigenvalue weighted by Gasteiger charge is 2.41. The van der Waals surface area contributed by atoms with Crippen LogP contribution in [-0.2, 0) is 27.0 Å². The second-order valence-corrected chi connectivity index (χ2v) is 12.4. The predicted molar refractivity (Wildman–Crippen MR) is 112 cm³/mol. The zero-order valence-electron chi connectivity index (χ0n) is 18.2. The van der Waals surface area contributed by atoms with Gasteiger partial charge in [-0.15, -0.1) is 10.2 Å². The number of sulfone groups is 1. The average Bonchev–Trinajstić information content (AvgIpc) is 3.23. The Morgan fingerprint density at radius 3 is 2.31 bits per heavy atom. The Morgan fingerprint density at radius 1 is 1.14 bits per heavy atom. The van der Waals surface area contributed by atoms with Crippen molar-refractivity contribution in [2.45, 2.75) is 76.6 Å². The molecule has 0 saturated heterocycles. The van der Waals surface area contributed by atoms with Gasteiger partial charge in [-0.05, 0) is 51.5 Å². The summed E-state index contributed by atoms with van der Waals surface area (Å²) in [4.78, 5) is 3.12. The molecule has 9 heteroatoms. The topological polar surface area (TPSA) is 114 Å². The van der Waals surface area contributed by atoms with Gasteiger partial charge in [0, 0.05) is 12.5 Å². The van der Waals surface area contributed by atoms with Crippen LogP contribution in [0.5, 0.6) is 0 Å². The van der Waals surface area contributed by atoms with E-state index in [1.807, 2.05) is 13.1 Å². The number of aromatic nitrogens is 5. The van der Waals surface area contributed by atoms with E-state index in [1.54, 1.807) is 18.5 Å². The first-order valence-electron chi connectivity index (χ1n) is 10.2. The first-order chi connectivity index (χ1) is 13.3. The minimum absolute atomic E-state index is 0.0801. The van der Waals surface area contributed by atoms with E-state index in [9.17, 15) is 13.5 Å². The van der Waals surface area contributed by atoms with E-state index in [0.29, 0.717) is 24.5 Å². The molecule has 1 fully saturated rings. The van der Waals surface area contributed by atoms with Gasteiger partial charge in [0.1, 0.15) is 10.4 Å². The SMILES string of the molecule is Cn1nc(C(C)(C)C)cc1-c1nnc(C(C)(C)S(=O)(=O)CC2CCC(O)CC2)[nH]1. The molecular formula is C20H33N5O3S. The van der Waals surface area contributed by atoms with Gasteiger partial charge in [0.15, 0.2) is 21.5 Å². The first-order valence-corrected chi connectivity index (χ1v) is 11.8. The third kappa shape index (κ3) is 4.40. The Balaban J connectivity index is 1.84. The maximum Gasteiger partial charge on any atom is 0.179 e. The Kier molecular flexibility index (Phi) is 5.68. The molecule has 0 unspecified atom stereocenters. The summed E-state index contributed by atoms with van der Waals surface area (Å²) in [5.74, 6) is 1.02. The van der Waals surface area contributed by atoms with E-state index in [2.05, 4.69) is 41.1 Å². The number of aliphatic hydroxyl groups excluding tert-OH is 1. The number of aryl methyl sites for hydroxylation is 1. The molecule has 1 saturated carbocycles. The van der Waals surface area contributed by atoms with Crippen LogP contribution in [0.3, 0.4) is 0 Å². The van der Waals surface area contributed by atoms with Crippen LogP contribution < -0.4 is 0 Å². The van der Waals surface area contributed by atoms with E-state index in [-0.39, 0.29) is 23.2 Å². The minimum Gasteiger partial charge on any atom is -0.393 e. The molecule has 2 aromatic heterocycles. The zero-order chi connectivity index (χ0) is 21.6. The summed E-state index contributed by atoms with van der Waals surface area (Å²) in [5.41, 5.74) is 1.59. The van der Waals surface area contributed by atoms with Crippen LogP contribution in [0.1, 0.15) is 71.8 Å². The molecule has 0 spiro atoms. The van der Waals surface area contributed by atoms with Gasteiger partial charge in [-0.1, -0.05) is 20.8 Å². The van der Waals surface area contributed by atoms with Crippen molar-refractivity contribution < 1.29 is 13.5 Å². The van der Waals surface area contributed by atoms with Crippen LogP contribution in [0, 0.1) is 5.92 Å². The molecule has 1 aliphatic rings. The number of aliphatic hydroxyl groups is 1. The summed E-state index contributed by atoms with van der Waals surface area (Å²) in [7, 11) is -1.63. The number of hydrogen-bond acceptors (Lipinski definition) is 6. The Labute approximate surface area is 173 Å². The lowest BCUT2D eigenvalue weighted by Gasteiger charge is -2.29. The van der Waals surface area contributed by atoms with Crippen molar-refractivity contribution in [3.63, 3.8) is 0 Å². The van der Waals surface area contributed by atoms with Crippen LogP contribution in [0.2, 0.25) is 0 Å². The van der Waals surface area contributed by atoms with Crippen molar-refractivity contribution in [1.82, 2.24) is 25.0 Å². The van der Waals surface area contributed by atoms with E-state index < -0.39 is 14.6 Å². The summed E-state index contributed by atoms with van der Waals surface area (Å²) >= 11 is 0. The van der Waals surface area contributed by atoms with Crippen LogP contribution in [0.15, 0.2) is 6.07 Å². The molecule has 0 atom stereocenters. The maximum absolute atomic E-state index is 13.2. The van der Waals surface area contributed by atoms with E-state index in [4.69, 9.17) is 0 Å². The second-order valence-electron chi connectivity index (χ2n) is 9.78. The Hall–Kier alpha value is -1.74. The highest BCUT2D eigenvalue weighted by atomic mass is 32.2. The lowest BCUT2D eigenvalue weighted by Crippen LogP contribution is -2.36. The third-order valence-corrected chi connectivity index (χ3v) is 8.66. The fourth-order valence-electron chi connectivity index (χ4n) is 3.68. The average molecular weight is 424 g/mol. The van der Waals surface area contributed by atoms with Gasteiger partial charge in [0.25, 0.3) is 0 Å². The molecule has 3 rings (SSSR count). The van der Waals surface area contributed by atoms with Crippen molar-refractivity contribution in [2.75, 3.05) is 5.75 Å². The number of nitrogens with zero attached hydrogens (tertiary/aromatic N) is 4. The van der Waals surface area contributed by atoms with Crippen LogP contribution >= 0.6 is 0 Å². The highest BCUT2D eigenvalue weighted by molar-refractivity contribution is 7.92. The molecule has 1 aliphatic carbocycles. The molecule has 2 N–H and O–H groups in total. The van der Waals surface area contributed by atoms with Crippen molar-refractivity contribution in [3.8, 4) is 11.5 Å². The van der Waals surface area contributed by atoms with Gasteiger partial charge >= 0.3 is 0 Å². The fraction of sp³-hybridized carbons (Fsp3) is 0.750. The van der Waals surface area contributed by atoms with Crippen molar-refractivity contribution in [1.29, 1.82) is 0 Å². The van der Waals surface area contributed by atoms with Gasteiger partial charge in [-0.25, -0.2) is 8.42 Å². The zero-order valence-corrected chi connectivity index (χ0v) is 19.0. The van der Waals surface area contributed by atoms with Crippen LogP contribution in [-0.4, -0.2) is 50.3 Å². The van der Waals surface area contributed by atoms with Crippen LogP contribution in [0.25, 0.3) is 11.5 Å². The van der Waals surface area contributed by atoms with Gasteiger partial charge in [0.2, 0.25) is 0 Å². The first kappa shape index (κ1) is 22.0. The van der Waals surface area contributed by atoms with Gasteiger partial charge < -0.3 is 10.1 Å². The normalized spacial score (nSPS) is 21.5. The molecule has 8 nitrogen and oxygen atoms in total. The predicted octanol–water partition coefficient (Wildman–Crippen LogP) is 2.70. The molecule has 0 bridgehead atoms. The lowest BCUT2D eigenvalue weighted by atomic mass is 9.89. The Bertz CT molecular complexity index is 961. The molecule has 0 aromatic carbocycles.